The number of nitrogens with one attached hydrogen (secondary N) is 1. The summed E-state index contributed by atoms with van der Waals surface area (Å²) in [5, 5.41) is 17.0. The first-order valence-electron chi connectivity index (χ1n) is 13.5. The molecule has 12 nitrogen and oxygen atoms in total. The Balaban J connectivity index is 1.72. The highest BCUT2D eigenvalue weighted by molar-refractivity contribution is 7.89. The predicted molar refractivity (Wildman–Crippen MR) is 156 cm³/mol. The van der Waals surface area contributed by atoms with Crippen LogP contribution in [0.2, 0.25) is 0 Å². The summed E-state index contributed by atoms with van der Waals surface area (Å²) in [5.74, 6) is -0.522. The van der Waals surface area contributed by atoms with Gasteiger partial charge in [-0.05, 0) is 56.3 Å². The molecular formula is C29H37N5O7S. The van der Waals surface area contributed by atoms with E-state index >= 15 is 0 Å². The Kier molecular flexibility index (Phi) is 9.24. The molecule has 0 saturated heterocycles. The van der Waals surface area contributed by atoms with E-state index < -0.39 is 28.1 Å². The summed E-state index contributed by atoms with van der Waals surface area (Å²) in [5.41, 5.74) is 1.42. The number of carbonyl (C=O) groups is 2. The number of methoxy groups -OCH3 is 1. The maximum atomic E-state index is 13.7. The highest BCUT2D eigenvalue weighted by atomic mass is 32.2. The molecule has 0 radical (unpaired) electrons. The van der Waals surface area contributed by atoms with E-state index in [0.29, 0.717) is 17.1 Å². The number of rotatable bonds is 9. The second-order valence-electron chi connectivity index (χ2n) is 10.5. The van der Waals surface area contributed by atoms with Gasteiger partial charge in [-0.3, -0.25) is 14.3 Å². The van der Waals surface area contributed by atoms with Gasteiger partial charge in [0.25, 0.3) is 11.8 Å². The van der Waals surface area contributed by atoms with E-state index in [0.717, 1.165) is 0 Å². The standard InChI is InChI=1S/C29H37N5O7S/c1-18-15-34(20(3)17-35)29(37)23-8-7-9-24(30-28(36)25-14-19(2)31-33(25)5)27(23)41-26(18)16-32(4)42(38,39)22-12-10-21(40-6)11-13-22/h7-14,18,20,26,35H,15-17H2,1-6H3,(H,30,36)/t18-,20-,26-/m0/s1. The number of aliphatic hydroxyl groups excluding tert-OH is 1. The number of aromatic nitrogens is 2. The quantitative estimate of drug-likeness (QED) is 0.382. The van der Waals surface area contributed by atoms with Crippen molar-refractivity contribution in [3.63, 3.8) is 0 Å². The van der Waals surface area contributed by atoms with Crippen molar-refractivity contribution in [3.05, 3.63) is 65.5 Å². The van der Waals surface area contributed by atoms with Gasteiger partial charge in [-0.1, -0.05) is 13.0 Å². The van der Waals surface area contributed by atoms with E-state index in [-0.39, 0.29) is 53.4 Å². The smallest absolute Gasteiger partial charge is 0.274 e. The lowest BCUT2D eigenvalue weighted by atomic mass is 9.99. The summed E-state index contributed by atoms with van der Waals surface area (Å²) >= 11 is 0. The number of amides is 2. The number of benzene rings is 2. The highest BCUT2D eigenvalue weighted by Crippen LogP contribution is 2.35. The molecule has 1 aliphatic heterocycles. The number of carbonyl (C=O) groups excluding carboxylic acids is 2. The fourth-order valence-corrected chi connectivity index (χ4v) is 6.03. The summed E-state index contributed by atoms with van der Waals surface area (Å²) in [4.78, 5) is 28.6. The molecule has 0 aliphatic carbocycles. The number of hydrogen-bond donors (Lipinski definition) is 2. The number of likely N-dealkylation sites (N-methyl/N-ethyl adjacent to an activating group) is 1. The molecule has 2 aromatic carbocycles. The van der Waals surface area contributed by atoms with Gasteiger partial charge in [0.2, 0.25) is 10.0 Å². The van der Waals surface area contributed by atoms with Gasteiger partial charge in [0.1, 0.15) is 17.5 Å². The van der Waals surface area contributed by atoms with Crippen molar-refractivity contribution in [2.45, 2.75) is 37.8 Å². The molecule has 13 heteroatoms. The number of anilines is 1. The summed E-state index contributed by atoms with van der Waals surface area (Å²) in [6, 6.07) is 12.1. The summed E-state index contributed by atoms with van der Waals surface area (Å²) < 4.78 is 41.2. The maximum absolute atomic E-state index is 13.7. The zero-order valence-electron chi connectivity index (χ0n) is 24.6. The highest BCUT2D eigenvalue weighted by Gasteiger charge is 2.36. The SMILES string of the molecule is COc1ccc(S(=O)(=O)N(C)C[C@@H]2Oc3c(NC(=O)c4cc(C)nn4C)cccc3C(=O)N([C@@H](C)CO)C[C@@H]2C)cc1. The zero-order valence-corrected chi connectivity index (χ0v) is 25.4. The Bertz CT molecular complexity index is 1550. The fraction of sp³-hybridized carbons (Fsp3) is 0.414. The Labute approximate surface area is 245 Å². The molecule has 4 rings (SSSR count). The lowest BCUT2D eigenvalue weighted by Gasteiger charge is -2.38. The van der Waals surface area contributed by atoms with Crippen LogP contribution in [0.4, 0.5) is 5.69 Å². The number of sulfonamides is 1. The Morgan fingerprint density at radius 2 is 1.95 bits per heavy atom. The number of aliphatic hydroxyl groups is 1. The molecule has 2 N–H and O–H groups in total. The lowest BCUT2D eigenvalue weighted by molar-refractivity contribution is 0.0388. The van der Waals surface area contributed by atoms with Crippen LogP contribution in [0, 0.1) is 12.8 Å². The van der Waals surface area contributed by atoms with Gasteiger partial charge in [0.05, 0.1) is 48.1 Å². The van der Waals surface area contributed by atoms with Crippen LogP contribution in [0.5, 0.6) is 11.5 Å². The van der Waals surface area contributed by atoms with E-state index in [1.807, 2.05) is 6.92 Å². The van der Waals surface area contributed by atoms with Crippen molar-refractivity contribution < 1.29 is 32.6 Å². The molecule has 3 atom stereocenters. The molecular weight excluding hydrogens is 562 g/mol. The molecule has 1 aromatic heterocycles. The van der Waals surface area contributed by atoms with Gasteiger partial charge in [-0.15, -0.1) is 0 Å². The van der Waals surface area contributed by atoms with Crippen molar-refractivity contribution in [1.29, 1.82) is 0 Å². The van der Waals surface area contributed by atoms with Crippen molar-refractivity contribution in [2.75, 3.05) is 39.2 Å². The third kappa shape index (κ3) is 6.27. The van der Waals surface area contributed by atoms with Crippen LogP contribution in [0.25, 0.3) is 0 Å². The average molecular weight is 600 g/mol. The molecule has 1 aliphatic rings. The van der Waals surface area contributed by atoms with Gasteiger partial charge in [0, 0.05) is 26.6 Å². The first-order valence-corrected chi connectivity index (χ1v) is 14.9. The molecule has 42 heavy (non-hydrogen) atoms. The number of hydrogen-bond acceptors (Lipinski definition) is 8. The second kappa shape index (κ2) is 12.5. The van der Waals surface area contributed by atoms with E-state index in [2.05, 4.69) is 10.4 Å². The van der Waals surface area contributed by atoms with Crippen LogP contribution < -0.4 is 14.8 Å². The Hall–Kier alpha value is -3.94. The summed E-state index contributed by atoms with van der Waals surface area (Å²) in [7, 11) is 0.721. The molecule has 0 saturated carbocycles. The molecule has 2 amide bonds. The van der Waals surface area contributed by atoms with Gasteiger partial charge >= 0.3 is 0 Å². The number of para-hydroxylation sites is 1. The summed E-state index contributed by atoms with van der Waals surface area (Å²) in [6.45, 7) is 5.27. The van der Waals surface area contributed by atoms with Crippen molar-refractivity contribution in [2.24, 2.45) is 13.0 Å². The number of fused-ring (bicyclic) bond motifs is 1. The van der Waals surface area contributed by atoms with Crippen molar-refractivity contribution in [3.8, 4) is 11.5 Å². The first-order chi connectivity index (χ1) is 19.9. The molecule has 226 valence electrons. The predicted octanol–water partition coefficient (Wildman–Crippen LogP) is 2.53. The molecule has 0 unspecified atom stereocenters. The average Bonchev–Trinajstić information content (AvgIpc) is 3.32. The molecule has 0 fully saturated rings. The molecule has 2 heterocycles. The first kappa shape index (κ1) is 31.0. The monoisotopic (exact) mass is 599 g/mol. The van der Waals surface area contributed by atoms with Crippen LogP contribution in [0.1, 0.15) is 40.4 Å². The van der Waals surface area contributed by atoms with Gasteiger partial charge in [-0.25, -0.2) is 8.42 Å². The topological polar surface area (TPSA) is 143 Å². The fourth-order valence-electron chi connectivity index (χ4n) is 4.85. The zero-order chi connectivity index (χ0) is 30.8. The van der Waals surface area contributed by atoms with Crippen molar-refractivity contribution >= 4 is 27.5 Å². The lowest BCUT2D eigenvalue weighted by Crippen LogP contribution is -2.50. The van der Waals surface area contributed by atoms with Gasteiger partial charge in [0.15, 0.2) is 5.75 Å². The van der Waals surface area contributed by atoms with Crippen LogP contribution in [0.3, 0.4) is 0 Å². The van der Waals surface area contributed by atoms with Gasteiger partial charge in [-0.2, -0.15) is 9.40 Å². The number of aryl methyl sites for hydroxylation is 2. The third-order valence-corrected chi connectivity index (χ3v) is 9.22. The number of nitrogens with zero attached hydrogens (tertiary/aromatic N) is 4. The van der Waals surface area contributed by atoms with E-state index in [1.165, 1.54) is 35.3 Å². The molecule has 3 aromatic rings. The minimum absolute atomic E-state index is 0.0479. The van der Waals surface area contributed by atoms with Gasteiger partial charge < -0.3 is 24.8 Å². The molecule has 0 bridgehead atoms. The van der Waals surface area contributed by atoms with Crippen molar-refractivity contribution in [1.82, 2.24) is 19.0 Å². The van der Waals surface area contributed by atoms with Crippen LogP contribution >= 0.6 is 0 Å². The van der Waals surface area contributed by atoms with Crippen LogP contribution in [0.15, 0.2) is 53.4 Å². The van der Waals surface area contributed by atoms with Crippen LogP contribution in [-0.2, 0) is 17.1 Å². The summed E-state index contributed by atoms with van der Waals surface area (Å²) in [6.07, 6.45) is -0.722. The van der Waals surface area contributed by atoms with Crippen LogP contribution in [-0.4, -0.2) is 90.3 Å². The Morgan fingerprint density at radius 3 is 2.55 bits per heavy atom. The normalized spacial score (nSPS) is 18.1. The Morgan fingerprint density at radius 1 is 1.26 bits per heavy atom. The number of ether oxygens (including phenoxy) is 2. The minimum atomic E-state index is -3.90. The molecule has 0 spiro atoms. The van der Waals surface area contributed by atoms with E-state index in [1.54, 1.807) is 62.2 Å². The maximum Gasteiger partial charge on any atom is 0.274 e. The van der Waals surface area contributed by atoms with E-state index in [4.69, 9.17) is 9.47 Å². The minimum Gasteiger partial charge on any atom is -0.497 e. The third-order valence-electron chi connectivity index (χ3n) is 7.38. The van der Waals surface area contributed by atoms with E-state index in [9.17, 15) is 23.1 Å². The largest absolute Gasteiger partial charge is 0.497 e. The second-order valence-corrected chi connectivity index (χ2v) is 12.6.